The zero-order valence-corrected chi connectivity index (χ0v) is 8.93. The van der Waals surface area contributed by atoms with Crippen LogP contribution < -0.4 is 5.32 Å². The Bertz CT molecular complexity index is 200. The number of aliphatic hydroxyl groups excluding tert-OH is 1. The van der Waals surface area contributed by atoms with E-state index >= 15 is 0 Å². The molecule has 0 aromatic heterocycles. The van der Waals surface area contributed by atoms with Crippen LogP contribution in [0.2, 0.25) is 0 Å². The van der Waals surface area contributed by atoms with Gasteiger partial charge in [-0.25, -0.2) is 8.78 Å². The lowest BCUT2D eigenvalue weighted by molar-refractivity contribution is -0.146. The van der Waals surface area contributed by atoms with Gasteiger partial charge in [-0.1, -0.05) is 6.92 Å². The van der Waals surface area contributed by atoms with Crippen molar-refractivity contribution in [3.63, 3.8) is 0 Å². The van der Waals surface area contributed by atoms with E-state index in [1.54, 1.807) is 13.8 Å². The highest BCUT2D eigenvalue weighted by Gasteiger charge is 2.29. The second-order valence-corrected chi connectivity index (χ2v) is 3.11. The number of alkyl halides is 2. The number of aliphatic hydroxyl groups is 1. The molecule has 0 rings (SSSR count). The third-order valence-corrected chi connectivity index (χ3v) is 1.82. The molecule has 1 atom stereocenters. The maximum atomic E-state index is 12.6. The highest BCUT2D eigenvalue weighted by atomic mass is 19.3. The fraction of sp³-hybridized carbons (Fsp3) is 0.889. The highest BCUT2D eigenvalue weighted by molar-refractivity contribution is 5.75. The molecule has 90 valence electrons. The summed E-state index contributed by atoms with van der Waals surface area (Å²) in [7, 11) is 0. The Morgan fingerprint density at radius 1 is 1.53 bits per heavy atom. The molecular formula is C9H17F2NO3. The van der Waals surface area contributed by atoms with E-state index in [9.17, 15) is 13.6 Å². The number of rotatable bonds is 7. The normalized spacial score (nSPS) is 13.7. The van der Waals surface area contributed by atoms with Crippen LogP contribution in [-0.2, 0) is 9.53 Å². The summed E-state index contributed by atoms with van der Waals surface area (Å²) in [5.41, 5.74) is 0. The Hall–Kier alpha value is -0.750. The zero-order valence-electron chi connectivity index (χ0n) is 8.93. The molecule has 15 heavy (non-hydrogen) atoms. The van der Waals surface area contributed by atoms with E-state index in [2.05, 4.69) is 10.1 Å². The van der Waals surface area contributed by atoms with Gasteiger partial charge in [0.25, 0.3) is 5.92 Å². The molecule has 0 bridgehead atoms. The van der Waals surface area contributed by atoms with Gasteiger partial charge in [-0.3, -0.25) is 10.1 Å². The lowest BCUT2D eigenvalue weighted by Crippen LogP contribution is -2.45. The fourth-order valence-electron chi connectivity index (χ4n) is 0.966. The van der Waals surface area contributed by atoms with Crippen molar-refractivity contribution >= 4 is 5.97 Å². The van der Waals surface area contributed by atoms with E-state index in [0.717, 1.165) is 0 Å². The summed E-state index contributed by atoms with van der Waals surface area (Å²) in [6, 6.07) is -0.748. The molecule has 0 spiro atoms. The van der Waals surface area contributed by atoms with Crippen molar-refractivity contribution in [2.75, 3.05) is 19.8 Å². The lowest BCUT2D eigenvalue weighted by atomic mass is 10.2. The number of carbonyl (C=O) groups excluding carboxylic acids is 1. The Morgan fingerprint density at radius 2 is 2.13 bits per heavy atom. The molecule has 0 radical (unpaired) electrons. The molecule has 0 saturated heterocycles. The predicted molar refractivity (Wildman–Crippen MR) is 50.7 cm³/mol. The molecule has 2 N–H and O–H groups in total. The van der Waals surface area contributed by atoms with Crippen LogP contribution in [-0.4, -0.2) is 42.8 Å². The van der Waals surface area contributed by atoms with Gasteiger partial charge in [0, 0.05) is 0 Å². The Balaban J connectivity index is 4.05. The maximum Gasteiger partial charge on any atom is 0.323 e. The standard InChI is InChI=1S/C9H17F2NO3/c1-3-7(8(14)15-4-2)12-5-9(10,11)6-13/h7,12-13H,3-6H2,1-2H3. The van der Waals surface area contributed by atoms with E-state index < -0.39 is 31.1 Å². The van der Waals surface area contributed by atoms with Crippen LogP contribution in [0.1, 0.15) is 20.3 Å². The van der Waals surface area contributed by atoms with Gasteiger partial charge in [0.05, 0.1) is 13.2 Å². The highest BCUT2D eigenvalue weighted by Crippen LogP contribution is 2.10. The summed E-state index contributed by atoms with van der Waals surface area (Å²) in [4.78, 5) is 11.2. The molecule has 0 fully saturated rings. The second kappa shape index (κ2) is 6.68. The Labute approximate surface area is 87.6 Å². The average molecular weight is 225 g/mol. The van der Waals surface area contributed by atoms with Gasteiger partial charge in [-0.2, -0.15) is 0 Å². The summed E-state index contributed by atoms with van der Waals surface area (Å²) in [5, 5.41) is 10.7. The summed E-state index contributed by atoms with van der Waals surface area (Å²) in [6.45, 7) is 1.58. The number of esters is 1. The first-order valence-corrected chi connectivity index (χ1v) is 4.85. The van der Waals surface area contributed by atoms with Gasteiger partial charge in [-0.15, -0.1) is 0 Å². The third kappa shape index (κ3) is 5.64. The molecule has 0 saturated carbocycles. The van der Waals surface area contributed by atoms with Gasteiger partial charge in [0.15, 0.2) is 0 Å². The monoisotopic (exact) mass is 225 g/mol. The van der Waals surface area contributed by atoms with Crippen molar-refractivity contribution in [1.82, 2.24) is 5.32 Å². The van der Waals surface area contributed by atoms with Crippen LogP contribution in [0.5, 0.6) is 0 Å². The molecule has 0 aliphatic heterocycles. The summed E-state index contributed by atoms with van der Waals surface area (Å²) >= 11 is 0. The fourth-order valence-corrected chi connectivity index (χ4v) is 0.966. The zero-order chi connectivity index (χ0) is 11.9. The van der Waals surface area contributed by atoms with Crippen LogP contribution in [0, 0.1) is 0 Å². The molecule has 0 aliphatic carbocycles. The largest absolute Gasteiger partial charge is 0.465 e. The molecule has 4 nitrogen and oxygen atoms in total. The lowest BCUT2D eigenvalue weighted by Gasteiger charge is -2.19. The minimum absolute atomic E-state index is 0.216. The first-order chi connectivity index (χ1) is 6.96. The molecule has 6 heteroatoms. The molecule has 0 amide bonds. The van der Waals surface area contributed by atoms with E-state index in [1.165, 1.54) is 0 Å². The van der Waals surface area contributed by atoms with Crippen LogP contribution in [0.3, 0.4) is 0 Å². The van der Waals surface area contributed by atoms with E-state index in [1.807, 2.05) is 0 Å². The summed E-state index contributed by atoms with van der Waals surface area (Å²) in [5.74, 6) is -3.76. The SMILES string of the molecule is CCOC(=O)C(CC)NCC(F)(F)CO. The van der Waals surface area contributed by atoms with Crippen LogP contribution >= 0.6 is 0 Å². The first-order valence-electron chi connectivity index (χ1n) is 4.85. The molecule has 0 aromatic carbocycles. The summed E-state index contributed by atoms with van der Waals surface area (Å²) < 4.78 is 30.0. The quantitative estimate of drug-likeness (QED) is 0.621. The van der Waals surface area contributed by atoms with E-state index in [0.29, 0.717) is 6.42 Å². The Morgan fingerprint density at radius 3 is 2.53 bits per heavy atom. The van der Waals surface area contributed by atoms with E-state index in [4.69, 9.17) is 5.11 Å². The van der Waals surface area contributed by atoms with Crippen molar-refractivity contribution in [2.45, 2.75) is 32.2 Å². The predicted octanol–water partition coefficient (Wildman–Crippen LogP) is 0.545. The van der Waals surface area contributed by atoms with Crippen molar-refractivity contribution in [3.8, 4) is 0 Å². The molecule has 1 unspecified atom stereocenters. The number of hydrogen-bond donors (Lipinski definition) is 2. The van der Waals surface area contributed by atoms with Gasteiger partial charge in [0.1, 0.15) is 12.6 Å². The molecule has 0 aromatic rings. The Kier molecular flexibility index (Phi) is 6.35. The smallest absolute Gasteiger partial charge is 0.323 e. The minimum Gasteiger partial charge on any atom is -0.465 e. The maximum absolute atomic E-state index is 12.6. The number of hydrogen-bond acceptors (Lipinski definition) is 4. The number of carbonyl (C=O) groups is 1. The van der Waals surface area contributed by atoms with E-state index in [-0.39, 0.29) is 6.61 Å². The first kappa shape index (κ1) is 14.2. The van der Waals surface area contributed by atoms with Crippen molar-refractivity contribution in [3.05, 3.63) is 0 Å². The molecule has 0 heterocycles. The number of ether oxygens (including phenoxy) is 1. The minimum atomic E-state index is -3.21. The van der Waals surface area contributed by atoms with Crippen LogP contribution in [0.25, 0.3) is 0 Å². The molecule has 0 aliphatic rings. The second-order valence-electron chi connectivity index (χ2n) is 3.11. The van der Waals surface area contributed by atoms with Crippen LogP contribution in [0.4, 0.5) is 8.78 Å². The molecular weight excluding hydrogens is 208 g/mol. The van der Waals surface area contributed by atoms with Gasteiger partial charge < -0.3 is 9.84 Å². The van der Waals surface area contributed by atoms with Crippen molar-refractivity contribution in [2.24, 2.45) is 0 Å². The topological polar surface area (TPSA) is 58.6 Å². The van der Waals surface area contributed by atoms with Crippen molar-refractivity contribution in [1.29, 1.82) is 0 Å². The van der Waals surface area contributed by atoms with Gasteiger partial charge >= 0.3 is 5.97 Å². The van der Waals surface area contributed by atoms with Crippen LogP contribution in [0.15, 0.2) is 0 Å². The van der Waals surface area contributed by atoms with Gasteiger partial charge in [0.2, 0.25) is 0 Å². The third-order valence-electron chi connectivity index (χ3n) is 1.82. The summed E-state index contributed by atoms with van der Waals surface area (Å²) in [6.07, 6.45) is 0.361. The number of nitrogens with one attached hydrogen (secondary N) is 1. The van der Waals surface area contributed by atoms with Gasteiger partial charge in [-0.05, 0) is 13.3 Å². The number of halogens is 2. The average Bonchev–Trinajstić information content (AvgIpc) is 2.19. The van der Waals surface area contributed by atoms with Crippen molar-refractivity contribution < 1.29 is 23.4 Å².